The maximum Gasteiger partial charge on any atom is 0.269 e. The van der Waals surface area contributed by atoms with Gasteiger partial charge in [-0.25, -0.2) is 0 Å². The Balaban J connectivity index is 1.87. The molecule has 1 aromatic heterocycles. The van der Waals surface area contributed by atoms with Gasteiger partial charge in [0.05, 0.1) is 5.60 Å². The summed E-state index contributed by atoms with van der Waals surface area (Å²) in [6, 6.07) is 5.20. The van der Waals surface area contributed by atoms with Crippen molar-refractivity contribution in [2.24, 2.45) is 0 Å². The summed E-state index contributed by atoms with van der Waals surface area (Å²) in [6.07, 6.45) is 3.06. The van der Waals surface area contributed by atoms with Crippen molar-refractivity contribution in [3.63, 3.8) is 0 Å². The molecule has 2 rings (SSSR count). The van der Waals surface area contributed by atoms with Crippen molar-refractivity contribution < 1.29 is 9.90 Å². The molecule has 1 aromatic rings. The lowest BCUT2D eigenvalue weighted by molar-refractivity contribution is 0.0310. The van der Waals surface area contributed by atoms with Gasteiger partial charge in [-0.15, -0.1) is 0 Å². The number of aliphatic hydroxyl groups is 1. The average molecular weight is 252 g/mol. The zero-order chi connectivity index (χ0) is 12.1. The van der Waals surface area contributed by atoms with Gasteiger partial charge in [0.15, 0.2) is 0 Å². The highest BCUT2D eigenvalue weighted by atomic mass is 32.2. The summed E-state index contributed by atoms with van der Waals surface area (Å²) in [7, 11) is 0. The van der Waals surface area contributed by atoms with E-state index >= 15 is 0 Å². The van der Waals surface area contributed by atoms with Crippen molar-refractivity contribution in [2.45, 2.75) is 18.4 Å². The van der Waals surface area contributed by atoms with E-state index in [1.165, 1.54) is 0 Å². The number of nitrogens with one attached hydrogen (secondary N) is 1. The third kappa shape index (κ3) is 3.44. The second-order valence-electron chi connectivity index (χ2n) is 4.23. The molecule has 1 saturated heterocycles. The zero-order valence-electron chi connectivity index (χ0n) is 9.56. The molecule has 0 radical (unpaired) electrons. The van der Waals surface area contributed by atoms with Crippen molar-refractivity contribution in [3.05, 3.63) is 30.1 Å². The molecule has 17 heavy (non-hydrogen) atoms. The Labute approximate surface area is 105 Å². The topological polar surface area (TPSA) is 62.2 Å². The van der Waals surface area contributed by atoms with Crippen LogP contribution in [-0.2, 0) is 0 Å². The van der Waals surface area contributed by atoms with E-state index in [0.717, 1.165) is 24.3 Å². The van der Waals surface area contributed by atoms with Crippen LogP contribution in [0, 0.1) is 0 Å². The fourth-order valence-corrected chi connectivity index (χ4v) is 3.01. The summed E-state index contributed by atoms with van der Waals surface area (Å²) in [4.78, 5) is 15.7. The third-order valence-electron chi connectivity index (χ3n) is 2.90. The van der Waals surface area contributed by atoms with Gasteiger partial charge in [0.1, 0.15) is 5.69 Å². The van der Waals surface area contributed by atoms with E-state index in [1.54, 1.807) is 24.4 Å². The van der Waals surface area contributed by atoms with Crippen LogP contribution in [0.3, 0.4) is 0 Å². The van der Waals surface area contributed by atoms with E-state index in [4.69, 9.17) is 0 Å². The second-order valence-corrected chi connectivity index (χ2v) is 5.46. The molecule has 4 nitrogen and oxygen atoms in total. The first kappa shape index (κ1) is 12.4. The molecule has 2 N–H and O–H groups in total. The number of carbonyl (C=O) groups is 1. The van der Waals surface area contributed by atoms with Crippen LogP contribution in [0.2, 0.25) is 0 Å². The lowest BCUT2D eigenvalue weighted by atomic mass is 9.97. The van der Waals surface area contributed by atoms with Crippen molar-refractivity contribution in [2.75, 3.05) is 18.1 Å². The lowest BCUT2D eigenvalue weighted by Gasteiger charge is -2.31. The van der Waals surface area contributed by atoms with Gasteiger partial charge < -0.3 is 10.4 Å². The molecule has 1 aliphatic rings. The number of aromatic nitrogens is 1. The molecule has 0 unspecified atom stereocenters. The number of thioether (sulfide) groups is 1. The molecule has 1 aliphatic heterocycles. The summed E-state index contributed by atoms with van der Waals surface area (Å²) in [5.41, 5.74) is -0.350. The first-order chi connectivity index (χ1) is 8.20. The Kier molecular flexibility index (Phi) is 4.02. The van der Waals surface area contributed by atoms with Crippen LogP contribution >= 0.6 is 11.8 Å². The summed E-state index contributed by atoms with van der Waals surface area (Å²) in [6.45, 7) is 0.308. The number of hydrogen-bond acceptors (Lipinski definition) is 4. The predicted octanol–water partition coefficient (Wildman–Crippen LogP) is 1.07. The van der Waals surface area contributed by atoms with E-state index in [9.17, 15) is 9.90 Å². The molecule has 2 heterocycles. The molecule has 0 atom stereocenters. The molecule has 0 spiro atoms. The number of hydrogen-bond donors (Lipinski definition) is 2. The van der Waals surface area contributed by atoms with Crippen LogP contribution in [0.1, 0.15) is 23.3 Å². The van der Waals surface area contributed by atoms with Crippen LogP contribution in [0.4, 0.5) is 0 Å². The maximum absolute atomic E-state index is 11.7. The van der Waals surface area contributed by atoms with Crippen molar-refractivity contribution in [1.29, 1.82) is 0 Å². The highest BCUT2D eigenvalue weighted by Gasteiger charge is 2.29. The number of nitrogens with zero attached hydrogens (tertiary/aromatic N) is 1. The van der Waals surface area contributed by atoms with E-state index in [-0.39, 0.29) is 5.91 Å². The molecular weight excluding hydrogens is 236 g/mol. The number of carbonyl (C=O) groups excluding carboxylic acids is 1. The van der Waals surface area contributed by atoms with Crippen LogP contribution in [0.15, 0.2) is 24.4 Å². The second kappa shape index (κ2) is 5.51. The zero-order valence-corrected chi connectivity index (χ0v) is 10.4. The summed E-state index contributed by atoms with van der Waals surface area (Å²) >= 11 is 1.84. The summed E-state index contributed by atoms with van der Waals surface area (Å²) in [5, 5.41) is 13.0. The number of rotatable bonds is 3. The number of amides is 1. The highest BCUT2D eigenvalue weighted by molar-refractivity contribution is 7.99. The molecule has 5 heteroatoms. The van der Waals surface area contributed by atoms with Crippen molar-refractivity contribution in [1.82, 2.24) is 10.3 Å². The minimum Gasteiger partial charge on any atom is -0.388 e. The van der Waals surface area contributed by atoms with E-state index in [0.29, 0.717) is 12.2 Å². The Hall–Kier alpha value is -1.07. The quantitative estimate of drug-likeness (QED) is 0.844. The molecule has 0 saturated carbocycles. The smallest absolute Gasteiger partial charge is 0.269 e. The maximum atomic E-state index is 11.7. The Morgan fingerprint density at radius 2 is 2.24 bits per heavy atom. The van der Waals surface area contributed by atoms with Gasteiger partial charge in [-0.3, -0.25) is 9.78 Å². The van der Waals surface area contributed by atoms with Crippen LogP contribution in [0.25, 0.3) is 0 Å². The molecule has 0 bridgehead atoms. The van der Waals surface area contributed by atoms with Crippen LogP contribution < -0.4 is 5.32 Å². The normalized spacial score (nSPS) is 18.6. The fraction of sp³-hybridized carbons (Fsp3) is 0.500. The summed E-state index contributed by atoms with van der Waals surface area (Å²) < 4.78 is 0. The minimum absolute atomic E-state index is 0.225. The molecule has 0 aliphatic carbocycles. The average Bonchev–Trinajstić information content (AvgIpc) is 2.38. The van der Waals surface area contributed by atoms with Crippen molar-refractivity contribution >= 4 is 17.7 Å². The van der Waals surface area contributed by atoms with E-state index in [2.05, 4.69) is 10.3 Å². The molecule has 1 fully saturated rings. The minimum atomic E-state index is -0.740. The van der Waals surface area contributed by atoms with Gasteiger partial charge in [-0.05, 0) is 36.5 Å². The predicted molar refractivity (Wildman–Crippen MR) is 68.1 cm³/mol. The fourth-order valence-electron chi connectivity index (χ4n) is 1.76. The monoisotopic (exact) mass is 252 g/mol. The Bertz CT molecular complexity index is 377. The Morgan fingerprint density at radius 1 is 1.47 bits per heavy atom. The number of pyridine rings is 1. The van der Waals surface area contributed by atoms with Gasteiger partial charge in [0.25, 0.3) is 5.91 Å². The molecule has 0 aromatic carbocycles. The van der Waals surface area contributed by atoms with Gasteiger partial charge in [0, 0.05) is 12.7 Å². The van der Waals surface area contributed by atoms with Crippen LogP contribution in [0.5, 0.6) is 0 Å². The van der Waals surface area contributed by atoms with Gasteiger partial charge >= 0.3 is 0 Å². The van der Waals surface area contributed by atoms with Crippen LogP contribution in [-0.4, -0.2) is 39.6 Å². The largest absolute Gasteiger partial charge is 0.388 e. The summed E-state index contributed by atoms with van der Waals surface area (Å²) in [5.74, 6) is 1.68. The van der Waals surface area contributed by atoms with Crippen molar-refractivity contribution in [3.8, 4) is 0 Å². The first-order valence-corrected chi connectivity index (χ1v) is 6.84. The van der Waals surface area contributed by atoms with Gasteiger partial charge in [0.2, 0.25) is 0 Å². The van der Waals surface area contributed by atoms with Gasteiger partial charge in [-0.1, -0.05) is 6.07 Å². The van der Waals surface area contributed by atoms with E-state index < -0.39 is 5.60 Å². The first-order valence-electron chi connectivity index (χ1n) is 5.69. The molecular formula is C12H16N2O2S. The van der Waals surface area contributed by atoms with Gasteiger partial charge in [-0.2, -0.15) is 11.8 Å². The lowest BCUT2D eigenvalue weighted by Crippen LogP contribution is -2.45. The SMILES string of the molecule is O=C(NCC1(O)CCSCC1)c1ccccn1. The van der Waals surface area contributed by atoms with E-state index in [1.807, 2.05) is 11.8 Å². The molecule has 1 amide bonds. The Morgan fingerprint density at radius 3 is 2.88 bits per heavy atom. The standard InChI is InChI=1S/C12H16N2O2S/c15-11(10-3-1-2-6-13-10)14-9-12(16)4-7-17-8-5-12/h1-3,6,16H,4-5,7-9H2,(H,14,15). The third-order valence-corrected chi connectivity index (χ3v) is 3.88. The molecule has 92 valence electrons. The highest BCUT2D eigenvalue weighted by Crippen LogP contribution is 2.26.